The number of piperidine rings is 1. The van der Waals surface area contributed by atoms with Crippen LogP contribution < -0.4 is 5.32 Å². The van der Waals surface area contributed by atoms with Gasteiger partial charge in [0.05, 0.1) is 11.3 Å². The monoisotopic (exact) mass is 290 g/mol. The van der Waals surface area contributed by atoms with Crippen LogP contribution in [0.4, 0.5) is 23.2 Å². The molecule has 1 aliphatic heterocycles. The molecule has 0 aliphatic carbocycles. The molecule has 1 aliphatic rings. The zero-order valence-electron chi connectivity index (χ0n) is 11.3. The third-order valence-electron chi connectivity index (χ3n) is 3.60. The predicted molar refractivity (Wildman–Crippen MR) is 70.1 cm³/mol. The molecule has 1 saturated heterocycles. The maximum atomic E-state index is 13.5. The van der Waals surface area contributed by atoms with E-state index in [1.165, 1.54) is 0 Å². The largest absolute Gasteiger partial charge is 0.416 e. The number of likely N-dealkylation sites (tertiary alicyclic amines) is 1. The average Bonchev–Trinajstić information content (AvgIpc) is 2.36. The quantitative estimate of drug-likeness (QED) is 0.856. The van der Waals surface area contributed by atoms with Crippen LogP contribution in [-0.2, 0) is 6.18 Å². The second kappa shape index (κ2) is 5.99. The van der Waals surface area contributed by atoms with Crippen molar-refractivity contribution in [1.29, 1.82) is 0 Å². The molecule has 112 valence electrons. The van der Waals surface area contributed by atoms with E-state index in [0.717, 1.165) is 44.1 Å². The molecular formula is C14H18F4N2. The van der Waals surface area contributed by atoms with Crippen LogP contribution in [0.3, 0.4) is 0 Å². The van der Waals surface area contributed by atoms with E-state index in [1.54, 1.807) is 0 Å². The molecule has 0 radical (unpaired) electrons. The van der Waals surface area contributed by atoms with Gasteiger partial charge in [0.2, 0.25) is 0 Å². The van der Waals surface area contributed by atoms with Crippen molar-refractivity contribution >= 4 is 5.69 Å². The van der Waals surface area contributed by atoms with Crippen molar-refractivity contribution in [1.82, 2.24) is 4.90 Å². The van der Waals surface area contributed by atoms with E-state index in [0.29, 0.717) is 12.5 Å². The van der Waals surface area contributed by atoms with Crippen molar-refractivity contribution in [3.05, 3.63) is 29.6 Å². The Kier molecular flexibility index (Phi) is 4.52. The average molecular weight is 290 g/mol. The van der Waals surface area contributed by atoms with E-state index < -0.39 is 17.6 Å². The molecule has 0 amide bonds. The van der Waals surface area contributed by atoms with Crippen molar-refractivity contribution in [2.75, 3.05) is 32.0 Å². The number of benzene rings is 1. The number of nitrogens with one attached hydrogen (secondary N) is 1. The zero-order chi connectivity index (χ0) is 14.8. The molecule has 2 nitrogen and oxygen atoms in total. The van der Waals surface area contributed by atoms with Crippen LogP contribution in [0.25, 0.3) is 0 Å². The normalized spacial score (nSPS) is 20.9. The third kappa shape index (κ3) is 3.85. The Labute approximate surface area is 115 Å². The van der Waals surface area contributed by atoms with Crippen LogP contribution in [0.5, 0.6) is 0 Å². The fraction of sp³-hybridized carbons (Fsp3) is 0.571. The Hall–Kier alpha value is -1.30. The van der Waals surface area contributed by atoms with Gasteiger partial charge in [-0.1, -0.05) is 0 Å². The Balaban J connectivity index is 2.01. The summed E-state index contributed by atoms with van der Waals surface area (Å²) in [5.41, 5.74) is -0.907. The molecule has 0 spiro atoms. The van der Waals surface area contributed by atoms with E-state index >= 15 is 0 Å². The highest BCUT2D eigenvalue weighted by Gasteiger charge is 2.31. The highest BCUT2D eigenvalue weighted by molar-refractivity contribution is 5.48. The van der Waals surface area contributed by atoms with Gasteiger partial charge in [0.15, 0.2) is 0 Å². The Bertz CT molecular complexity index is 459. The number of alkyl halides is 3. The van der Waals surface area contributed by atoms with Crippen LogP contribution in [-0.4, -0.2) is 31.6 Å². The maximum absolute atomic E-state index is 13.5. The molecular weight excluding hydrogens is 272 g/mol. The van der Waals surface area contributed by atoms with Gasteiger partial charge in [0.25, 0.3) is 0 Å². The van der Waals surface area contributed by atoms with Gasteiger partial charge in [-0.2, -0.15) is 13.2 Å². The first-order chi connectivity index (χ1) is 9.36. The summed E-state index contributed by atoms with van der Waals surface area (Å²) in [5, 5.41) is 2.81. The van der Waals surface area contributed by atoms with Crippen LogP contribution in [0, 0.1) is 11.7 Å². The summed E-state index contributed by atoms with van der Waals surface area (Å²) in [7, 11) is 2.01. The lowest BCUT2D eigenvalue weighted by atomic mass is 9.98. The lowest BCUT2D eigenvalue weighted by Gasteiger charge is -2.30. The van der Waals surface area contributed by atoms with Gasteiger partial charge in [0.1, 0.15) is 5.82 Å². The lowest BCUT2D eigenvalue weighted by molar-refractivity contribution is -0.137. The molecule has 1 atom stereocenters. The van der Waals surface area contributed by atoms with Gasteiger partial charge in [-0.15, -0.1) is 0 Å². The SMILES string of the molecule is CN1CCCC(CNc2cc(C(F)(F)F)ccc2F)C1. The molecule has 0 aromatic heterocycles. The summed E-state index contributed by atoms with van der Waals surface area (Å²) >= 11 is 0. The smallest absolute Gasteiger partial charge is 0.382 e. The van der Waals surface area contributed by atoms with E-state index in [1.807, 2.05) is 7.05 Å². The van der Waals surface area contributed by atoms with Crippen molar-refractivity contribution in [2.45, 2.75) is 19.0 Å². The fourth-order valence-electron chi connectivity index (χ4n) is 2.53. The summed E-state index contributed by atoms with van der Waals surface area (Å²) in [6.45, 7) is 2.41. The van der Waals surface area contributed by atoms with Crippen LogP contribution in [0.1, 0.15) is 18.4 Å². The minimum atomic E-state index is -4.45. The second-order valence-electron chi connectivity index (χ2n) is 5.34. The van der Waals surface area contributed by atoms with E-state index in [9.17, 15) is 17.6 Å². The molecule has 1 N–H and O–H groups in total. The molecule has 1 fully saturated rings. The Morgan fingerprint density at radius 2 is 2.10 bits per heavy atom. The Morgan fingerprint density at radius 3 is 2.75 bits per heavy atom. The Morgan fingerprint density at radius 1 is 1.35 bits per heavy atom. The molecule has 2 rings (SSSR count). The van der Waals surface area contributed by atoms with Gasteiger partial charge >= 0.3 is 6.18 Å². The fourth-order valence-corrected chi connectivity index (χ4v) is 2.53. The first-order valence-corrected chi connectivity index (χ1v) is 6.65. The van der Waals surface area contributed by atoms with Crippen LogP contribution in [0.15, 0.2) is 18.2 Å². The van der Waals surface area contributed by atoms with E-state index in [2.05, 4.69) is 10.2 Å². The van der Waals surface area contributed by atoms with Crippen LogP contribution in [0.2, 0.25) is 0 Å². The molecule has 0 saturated carbocycles. The minimum absolute atomic E-state index is 0.0759. The van der Waals surface area contributed by atoms with Gasteiger partial charge in [-0.25, -0.2) is 4.39 Å². The number of halogens is 4. The lowest BCUT2D eigenvalue weighted by Crippen LogP contribution is -2.35. The van der Waals surface area contributed by atoms with Crippen molar-refractivity contribution < 1.29 is 17.6 Å². The number of hydrogen-bond acceptors (Lipinski definition) is 2. The highest BCUT2D eigenvalue weighted by atomic mass is 19.4. The van der Waals surface area contributed by atoms with Crippen molar-refractivity contribution in [2.24, 2.45) is 5.92 Å². The minimum Gasteiger partial charge on any atom is -0.382 e. The number of hydrogen-bond donors (Lipinski definition) is 1. The van der Waals surface area contributed by atoms with E-state index in [4.69, 9.17) is 0 Å². The van der Waals surface area contributed by atoms with Crippen LogP contribution >= 0.6 is 0 Å². The summed E-state index contributed by atoms with van der Waals surface area (Å²) in [4.78, 5) is 2.18. The van der Waals surface area contributed by atoms with Gasteiger partial charge in [-0.3, -0.25) is 0 Å². The number of anilines is 1. The molecule has 6 heteroatoms. The zero-order valence-corrected chi connectivity index (χ0v) is 11.3. The van der Waals surface area contributed by atoms with Gasteiger partial charge in [0, 0.05) is 13.1 Å². The maximum Gasteiger partial charge on any atom is 0.416 e. The molecule has 1 unspecified atom stereocenters. The first kappa shape index (κ1) is 15.1. The molecule has 1 aromatic rings. The molecule has 0 bridgehead atoms. The van der Waals surface area contributed by atoms with Gasteiger partial charge in [-0.05, 0) is 50.6 Å². The van der Waals surface area contributed by atoms with Crippen molar-refractivity contribution in [3.63, 3.8) is 0 Å². The highest BCUT2D eigenvalue weighted by Crippen LogP contribution is 2.32. The third-order valence-corrected chi connectivity index (χ3v) is 3.60. The topological polar surface area (TPSA) is 15.3 Å². The van der Waals surface area contributed by atoms with Crippen molar-refractivity contribution in [3.8, 4) is 0 Å². The van der Waals surface area contributed by atoms with E-state index in [-0.39, 0.29) is 5.69 Å². The number of rotatable bonds is 3. The molecule has 20 heavy (non-hydrogen) atoms. The first-order valence-electron chi connectivity index (χ1n) is 6.65. The summed E-state index contributed by atoms with van der Waals surface area (Å²) in [6.07, 6.45) is -2.37. The summed E-state index contributed by atoms with van der Waals surface area (Å²) in [6, 6.07) is 2.45. The number of nitrogens with zero attached hydrogens (tertiary/aromatic N) is 1. The predicted octanol–water partition coefficient (Wildman–Crippen LogP) is 3.60. The summed E-state index contributed by atoms with van der Waals surface area (Å²) < 4.78 is 51.3. The molecule has 1 heterocycles. The summed E-state index contributed by atoms with van der Waals surface area (Å²) in [5.74, 6) is -0.315. The van der Waals surface area contributed by atoms with Gasteiger partial charge < -0.3 is 10.2 Å². The standard InChI is InChI=1S/C14H18F4N2/c1-20-6-2-3-10(9-20)8-19-13-7-11(14(16,17)18)4-5-12(13)15/h4-5,7,10,19H,2-3,6,8-9H2,1H3. The molecule has 1 aromatic carbocycles. The second-order valence-corrected chi connectivity index (χ2v) is 5.34.